The third-order valence-corrected chi connectivity index (χ3v) is 2.05. The Balaban J connectivity index is 2.49. The molecule has 0 atom stereocenters. The van der Waals surface area contributed by atoms with Crippen LogP contribution in [0.2, 0.25) is 0 Å². The molecule has 84 valence electrons. The molecular weight excluding hydrogens is 224 g/mol. The summed E-state index contributed by atoms with van der Waals surface area (Å²) in [6.45, 7) is 3.10. The Labute approximate surface area is 99.0 Å². The highest BCUT2D eigenvalue weighted by molar-refractivity contribution is 7.80. The van der Waals surface area contributed by atoms with Crippen LogP contribution in [0.5, 0.6) is 0 Å². The summed E-state index contributed by atoms with van der Waals surface area (Å²) in [7, 11) is 0. The summed E-state index contributed by atoms with van der Waals surface area (Å²) in [5, 5.41) is 6.75. The van der Waals surface area contributed by atoms with Gasteiger partial charge in [0.05, 0.1) is 0 Å². The zero-order chi connectivity index (χ0) is 11.8. The van der Waals surface area contributed by atoms with Crippen molar-refractivity contribution in [3.63, 3.8) is 0 Å². The first kappa shape index (κ1) is 12.3. The van der Waals surface area contributed by atoms with Crippen LogP contribution < -0.4 is 5.32 Å². The minimum atomic E-state index is 0.390. The summed E-state index contributed by atoms with van der Waals surface area (Å²) >= 11 is 4.92. The fraction of sp³-hybridized carbons (Fsp3) is 0.300. The van der Waals surface area contributed by atoms with Gasteiger partial charge in [-0.3, -0.25) is 0 Å². The van der Waals surface area contributed by atoms with Crippen molar-refractivity contribution >= 4 is 23.1 Å². The monoisotopic (exact) mass is 236 g/mol. The number of thiocarbonyl (C=S) groups is 1. The molecule has 16 heavy (non-hydrogen) atoms. The Morgan fingerprint density at radius 3 is 2.75 bits per heavy atom. The number of azide groups is 1. The Kier molecular flexibility index (Phi) is 5.11. The van der Waals surface area contributed by atoms with Crippen LogP contribution in [0.4, 0.5) is 5.69 Å². The number of nitrogens with one attached hydrogen (secondary N) is 1. The van der Waals surface area contributed by atoms with Gasteiger partial charge in [-0.25, -0.2) is 0 Å². The first-order chi connectivity index (χ1) is 7.76. The second-order valence-electron chi connectivity index (χ2n) is 2.96. The van der Waals surface area contributed by atoms with E-state index in [1.807, 2.05) is 19.1 Å². The van der Waals surface area contributed by atoms with Crippen LogP contribution in [-0.4, -0.2) is 11.7 Å². The topological polar surface area (TPSA) is 70.0 Å². The zero-order valence-electron chi connectivity index (χ0n) is 8.88. The quantitative estimate of drug-likeness (QED) is 0.378. The van der Waals surface area contributed by atoms with Crippen molar-refractivity contribution in [1.29, 1.82) is 0 Å². The molecule has 5 nitrogen and oxygen atoms in total. The van der Waals surface area contributed by atoms with Gasteiger partial charge in [-0.2, -0.15) is 0 Å². The van der Waals surface area contributed by atoms with E-state index < -0.39 is 0 Å². The molecule has 0 saturated carbocycles. The lowest BCUT2D eigenvalue weighted by Gasteiger charge is -2.07. The molecule has 0 heterocycles. The van der Waals surface area contributed by atoms with E-state index in [0.717, 1.165) is 12.1 Å². The molecule has 0 aliphatic heterocycles. The van der Waals surface area contributed by atoms with E-state index in [0.29, 0.717) is 17.5 Å². The van der Waals surface area contributed by atoms with E-state index in [9.17, 15) is 0 Å². The molecule has 0 fully saturated rings. The van der Waals surface area contributed by atoms with E-state index in [1.165, 1.54) is 0 Å². The molecule has 0 unspecified atom stereocenters. The van der Waals surface area contributed by atoms with E-state index in [2.05, 4.69) is 15.3 Å². The molecule has 1 N–H and O–H groups in total. The van der Waals surface area contributed by atoms with Crippen molar-refractivity contribution < 1.29 is 4.74 Å². The predicted molar refractivity (Wildman–Crippen MR) is 66.3 cm³/mol. The molecule has 0 amide bonds. The van der Waals surface area contributed by atoms with E-state index in [4.69, 9.17) is 22.5 Å². The van der Waals surface area contributed by atoms with Crippen molar-refractivity contribution in [3.8, 4) is 0 Å². The lowest BCUT2D eigenvalue weighted by Crippen LogP contribution is -2.23. The molecule has 0 radical (unpaired) electrons. The Bertz CT molecular complexity index is 398. The SMILES string of the molecule is CCNC(=S)OCc1ccc(N=[N+]=[N-])cc1. The second-order valence-corrected chi connectivity index (χ2v) is 3.33. The van der Waals surface area contributed by atoms with Crippen LogP contribution in [0.15, 0.2) is 29.4 Å². The van der Waals surface area contributed by atoms with E-state index >= 15 is 0 Å². The minimum Gasteiger partial charge on any atom is -0.466 e. The van der Waals surface area contributed by atoms with Crippen LogP contribution >= 0.6 is 12.2 Å². The second kappa shape index (κ2) is 6.66. The summed E-state index contributed by atoms with van der Waals surface area (Å²) in [5.74, 6) is 0. The number of hydrogen-bond acceptors (Lipinski definition) is 3. The predicted octanol–water partition coefficient (Wildman–Crippen LogP) is 3.04. The molecule has 6 heteroatoms. The van der Waals surface area contributed by atoms with Crippen molar-refractivity contribution in [1.82, 2.24) is 5.32 Å². The zero-order valence-corrected chi connectivity index (χ0v) is 9.70. The number of hydrogen-bond donors (Lipinski definition) is 1. The fourth-order valence-corrected chi connectivity index (χ4v) is 1.26. The van der Waals surface area contributed by atoms with Gasteiger partial charge in [-0.1, -0.05) is 29.4 Å². The molecule has 1 aromatic rings. The molecule has 0 bridgehead atoms. The smallest absolute Gasteiger partial charge is 0.256 e. The summed E-state index contributed by atoms with van der Waals surface area (Å²) in [6.07, 6.45) is 0. The van der Waals surface area contributed by atoms with Gasteiger partial charge in [0.1, 0.15) is 6.61 Å². The van der Waals surface area contributed by atoms with E-state index in [1.54, 1.807) is 12.1 Å². The highest BCUT2D eigenvalue weighted by Gasteiger charge is 1.97. The van der Waals surface area contributed by atoms with Crippen LogP contribution in [0.25, 0.3) is 10.4 Å². The van der Waals surface area contributed by atoms with Gasteiger partial charge in [0.25, 0.3) is 5.17 Å². The third kappa shape index (κ3) is 4.16. The Hall–Kier alpha value is -1.78. The number of benzene rings is 1. The maximum absolute atomic E-state index is 8.23. The normalized spacial score (nSPS) is 9.06. The molecule has 1 rings (SSSR count). The van der Waals surface area contributed by atoms with Gasteiger partial charge in [-0.05, 0) is 30.2 Å². The Morgan fingerprint density at radius 1 is 1.50 bits per heavy atom. The van der Waals surface area contributed by atoms with Crippen LogP contribution in [0.3, 0.4) is 0 Å². The van der Waals surface area contributed by atoms with Crippen LogP contribution in [0.1, 0.15) is 12.5 Å². The molecular formula is C10H12N4OS. The first-order valence-electron chi connectivity index (χ1n) is 4.81. The number of rotatable bonds is 4. The summed E-state index contributed by atoms with van der Waals surface area (Å²) in [5.41, 5.74) is 9.79. The lowest BCUT2D eigenvalue weighted by atomic mass is 10.2. The highest BCUT2D eigenvalue weighted by atomic mass is 32.1. The Morgan fingerprint density at radius 2 is 2.19 bits per heavy atom. The van der Waals surface area contributed by atoms with Crippen molar-refractivity contribution in [2.45, 2.75) is 13.5 Å². The van der Waals surface area contributed by atoms with Gasteiger partial charge in [0.2, 0.25) is 0 Å². The van der Waals surface area contributed by atoms with Crippen LogP contribution in [0, 0.1) is 0 Å². The van der Waals surface area contributed by atoms with E-state index in [-0.39, 0.29) is 0 Å². The molecule has 0 saturated heterocycles. The maximum atomic E-state index is 8.23. The third-order valence-electron chi connectivity index (χ3n) is 1.79. The summed E-state index contributed by atoms with van der Waals surface area (Å²) in [6, 6.07) is 7.13. The molecule has 0 aliphatic carbocycles. The van der Waals surface area contributed by atoms with Crippen molar-refractivity contribution in [2.75, 3.05) is 6.54 Å². The average molecular weight is 236 g/mol. The molecule has 1 aromatic carbocycles. The van der Waals surface area contributed by atoms with Gasteiger partial charge < -0.3 is 10.1 Å². The van der Waals surface area contributed by atoms with Gasteiger partial charge in [0.15, 0.2) is 0 Å². The largest absolute Gasteiger partial charge is 0.466 e. The van der Waals surface area contributed by atoms with Crippen molar-refractivity contribution in [2.24, 2.45) is 5.11 Å². The van der Waals surface area contributed by atoms with Crippen LogP contribution in [-0.2, 0) is 11.3 Å². The van der Waals surface area contributed by atoms with Gasteiger partial charge in [0, 0.05) is 17.1 Å². The summed E-state index contributed by atoms with van der Waals surface area (Å²) < 4.78 is 5.29. The van der Waals surface area contributed by atoms with Crippen molar-refractivity contribution in [3.05, 3.63) is 40.3 Å². The standard InChI is InChI=1S/C10H12N4OS/c1-2-12-10(16)15-7-8-3-5-9(6-4-8)13-14-11/h3-6H,2,7H2,1H3,(H,12,16). The highest BCUT2D eigenvalue weighted by Crippen LogP contribution is 2.13. The fourth-order valence-electron chi connectivity index (χ4n) is 1.05. The van der Waals surface area contributed by atoms with Gasteiger partial charge >= 0.3 is 0 Å². The molecule has 0 aromatic heterocycles. The maximum Gasteiger partial charge on any atom is 0.256 e. The average Bonchev–Trinajstić information content (AvgIpc) is 2.29. The lowest BCUT2D eigenvalue weighted by molar-refractivity contribution is 0.287. The number of nitrogens with zero attached hydrogens (tertiary/aromatic N) is 3. The van der Waals surface area contributed by atoms with Gasteiger partial charge in [-0.15, -0.1) is 0 Å². The number of ether oxygens (including phenoxy) is 1. The first-order valence-corrected chi connectivity index (χ1v) is 5.21. The minimum absolute atomic E-state index is 0.390. The molecule has 0 spiro atoms. The summed E-state index contributed by atoms with van der Waals surface area (Å²) in [4.78, 5) is 2.70. The molecule has 0 aliphatic rings.